The molecule has 1 aliphatic carbocycles. The van der Waals surface area contributed by atoms with E-state index in [1.165, 1.54) is 12.8 Å². The van der Waals surface area contributed by atoms with Crippen LogP contribution in [0.25, 0.3) is 11.0 Å². The minimum Gasteiger partial charge on any atom is -0.377 e. The van der Waals surface area contributed by atoms with Gasteiger partial charge in [-0.25, -0.2) is 4.68 Å². The maximum Gasteiger partial charge on any atom is 0.226 e. The lowest BCUT2D eigenvalue weighted by Crippen LogP contribution is -2.46. The van der Waals surface area contributed by atoms with Crippen LogP contribution >= 0.6 is 11.6 Å². The van der Waals surface area contributed by atoms with Gasteiger partial charge < -0.3 is 9.64 Å². The maximum atomic E-state index is 6.19. The molecule has 1 unspecified atom stereocenters. The molecule has 0 radical (unpaired) electrons. The molecule has 3 fully saturated rings. The van der Waals surface area contributed by atoms with Crippen LogP contribution in [0.5, 0.6) is 0 Å². The van der Waals surface area contributed by atoms with E-state index in [2.05, 4.69) is 20.0 Å². The maximum absolute atomic E-state index is 6.19. The standard InChI is InChI=1S/C14H16ClN5O/c15-14-17-12(19-9-3-4-10(19)7-21-6-9)11-5-16-20(8-1-2-8)13(11)18-14/h5,8-10H,1-4,6-7H2/t9-,10?/m0/s1. The molecule has 5 rings (SSSR count). The zero-order chi connectivity index (χ0) is 14.0. The number of anilines is 1. The number of rotatable bonds is 2. The average molecular weight is 306 g/mol. The molecule has 0 spiro atoms. The SMILES string of the molecule is Clc1nc(N2C3CC[C@H]2COC3)c2cnn(C3CC3)c2n1. The molecule has 1 saturated carbocycles. The van der Waals surface area contributed by atoms with Crippen LogP contribution in [0.15, 0.2) is 6.20 Å². The molecule has 0 N–H and O–H groups in total. The zero-order valence-electron chi connectivity index (χ0n) is 11.6. The first-order valence-corrected chi connectivity index (χ1v) is 7.96. The summed E-state index contributed by atoms with van der Waals surface area (Å²) in [4.78, 5) is 11.3. The fourth-order valence-corrected chi connectivity index (χ4v) is 3.80. The van der Waals surface area contributed by atoms with Gasteiger partial charge in [0.1, 0.15) is 5.82 Å². The smallest absolute Gasteiger partial charge is 0.226 e. The Hall–Kier alpha value is -1.40. The Labute approximate surface area is 127 Å². The van der Waals surface area contributed by atoms with E-state index >= 15 is 0 Å². The highest BCUT2D eigenvalue weighted by Gasteiger charge is 2.39. The third-order valence-electron chi connectivity index (χ3n) is 4.78. The number of hydrogen-bond donors (Lipinski definition) is 0. The number of ether oxygens (including phenoxy) is 1. The summed E-state index contributed by atoms with van der Waals surface area (Å²) < 4.78 is 7.67. The molecular weight excluding hydrogens is 290 g/mol. The van der Waals surface area contributed by atoms with Crippen LogP contribution in [0.4, 0.5) is 5.82 Å². The highest BCUT2D eigenvalue weighted by molar-refractivity contribution is 6.28. The van der Waals surface area contributed by atoms with Gasteiger partial charge in [-0.15, -0.1) is 0 Å². The van der Waals surface area contributed by atoms with E-state index in [0.29, 0.717) is 23.4 Å². The van der Waals surface area contributed by atoms with E-state index < -0.39 is 0 Å². The van der Waals surface area contributed by atoms with E-state index in [1.807, 2.05) is 10.9 Å². The molecule has 2 aliphatic heterocycles. The van der Waals surface area contributed by atoms with Gasteiger partial charge in [-0.3, -0.25) is 0 Å². The molecular formula is C14H16ClN5O. The van der Waals surface area contributed by atoms with E-state index in [1.54, 1.807) is 0 Å². The van der Waals surface area contributed by atoms with Crippen molar-refractivity contribution in [3.8, 4) is 0 Å². The summed E-state index contributed by atoms with van der Waals surface area (Å²) in [5.41, 5.74) is 0.874. The summed E-state index contributed by atoms with van der Waals surface area (Å²) in [6, 6.07) is 1.30. The second-order valence-electron chi connectivity index (χ2n) is 6.20. The largest absolute Gasteiger partial charge is 0.377 e. The van der Waals surface area contributed by atoms with Crippen molar-refractivity contribution in [2.45, 2.75) is 43.8 Å². The first kappa shape index (κ1) is 12.2. The molecule has 7 heteroatoms. The molecule has 3 aliphatic rings. The normalized spacial score (nSPS) is 28.5. The molecule has 110 valence electrons. The predicted molar refractivity (Wildman–Crippen MR) is 78.7 cm³/mol. The number of nitrogens with zero attached hydrogens (tertiary/aromatic N) is 5. The van der Waals surface area contributed by atoms with E-state index in [0.717, 1.165) is 42.9 Å². The number of fused-ring (bicyclic) bond motifs is 3. The van der Waals surface area contributed by atoms with E-state index in [9.17, 15) is 0 Å². The lowest BCUT2D eigenvalue weighted by atomic mass is 10.2. The van der Waals surface area contributed by atoms with Gasteiger partial charge >= 0.3 is 0 Å². The van der Waals surface area contributed by atoms with Gasteiger partial charge in [0.05, 0.1) is 42.9 Å². The Morgan fingerprint density at radius 3 is 2.48 bits per heavy atom. The first-order chi connectivity index (χ1) is 10.3. The summed E-state index contributed by atoms with van der Waals surface area (Å²) in [5.74, 6) is 0.938. The molecule has 4 heterocycles. The number of aromatic nitrogens is 4. The lowest BCUT2D eigenvalue weighted by Gasteiger charge is -2.35. The number of hydrogen-bond acceptors (Lipinski definition) is 5. The Balaban J connectivity index is 1.69. The van der Waals surface area contributed by atoms with Crippen molar-refractivity contribution in [3.05, 3.63) is 11.5 Å². The first-order valence-electron chi connectivity index (χ1n) is 7.58. The monoisotopic (exact) mass is 305 g/mol. The van der Waals surface area contributed by atoms with Crippen LogP contribution in [0.3, 0.4) is 0 Å². The van der Waals surface area contributed by atoms with Crippen molar-refractivity contribution in [2.24, 2.45) is 0 Å². The molecule has 0 aromatic carbocycles. The van der Waals surface area contributed by atoms with Crippen LogP contribution in [0.2, 0.25) is 5.28 Å². The third-order valence-corrected chi connectivity index (χ3v) is 4.95. The van der Waals surface area contributed by atoms with Crippen LogP contribution in [-0.2, 0) is 4.74 Å². The summed E-state index contributed by atoms with van der Waals surface area (Å²) in [6.45, 7) is 1.55. The molecule has 21 heavy (non-hydrogen) atoms. The van der Waals surface area contributed by atoms with Gasteiger partial charge in [0, 0.05) is 0 Å². The van der Waals surface area contributed by atoms with Crippen molar-refractivity contribution >= 4 is 28.5 Å². The third kappa shape index (κ3) is 1.78. The summed E-state index contributed by atoms with van der Waals surface area (Å²) in [7, 11) is 0. The van der Waals surface area contributed by atoms with Crippen molar-refractivity contribution < 1.29 is 4.74 Å². The minimum atomic E-state index is 0.311. The van der Waals surface area contributed by atoms with Gasteiger partial charge in [-0.1, -0.05) is 0 Å². The summed E-state index contributed by atoms with van der Waals surface area (Å²) in [6.07, 6.45) is 6.57. The quantitative estimate of drug-likeness (QED) is 0.796. The summed E-state index contributed by atoms with van der Waals surface area (Å²) in [5, 5.41) is 5.85. The molecule has 2 bridgehead atoms. The molecule has 6 nitrogen and oxygen atoms in total. The Morgan fingerprint density at radius 2 is 1.76 bits per heavy atom. The lowest BCUT2D eigenvalue weighted by molar-refractivity contribution is 0.0904. The second kappa shape index (κ2) is 4.30. The van der Waals surface area contributed by atoms with Gasteiger partial charge in [0.25, 0.3) is 0 Å². The molecule has 2 aromatic heterocycles. The average Bonchev–Trinajstić information content (AvgIpc) is 3.19. The van der Waals surface area contributed by atoms with Gasteiger partial charge in [-0.05, 0) is 37.3 Å². The van der Waals surface area contributed by atoms with E-state index in [-0.39, 0.29) is 0 Å². The molecule has 0 amide bonds. The Morgan fingerprint density at radius 1 is 1.05 bits per heavy atom. The molecule has 2 atom stereocenters. The molecule has 2 saturated heterocycles. The van der Waals surface area contributed by atoms with Gasteiger partial charge in [0.2, 0.25) is 5.28 Å². The number of halogens is 1. The van der Waals surface area contributed by atoms with E-state index in [4.69, 9.17) is 16.3 Å². The van der Waals surface area contributed by atoms with Crippen molar-refractivity contribution in [2.75, 3.05) is 18.1 Å². The number of morpholine rings is 1. The minimum absolute atomic E-state index is 0.311. The van der Waals surface area contributed by atoms with Crippen molar-refractivity contribution in [1.29, 1.82) is 0 Å². The topological polar surface area (TPSA) is 56.1 Å². The van der Waals surface area contributed by atoms with Gasteiger partial charge in [-0.2, -0.15) is 15.1 Å². The highest BCUT2D eigenvalue weighted by Crippen LogP contribution is 2.40. The van der Waals surface area contributed by atoms with Gasteiger partial charge in [0.15, 0.2) is 5.65 Å². The van der Waals surface area contributed by atoms with Crippen molar-refractivity contribution in [3.63, 3.8) is 0 Å². The fraction of sp³-hybridized carbons (Fsp3) is 0.643. The van der Waals surface area contributed by atoms with Crippen LogP contribution < -0.4 is 4.90 Å². The van der Waals surface area contributed by atoms with Crippen LogP contribution in [0, 0.1) is 0 Å². The van der Waals surface area contributed by atoms with Crippen LogP contribution in [-0.4, -0.2) is 45.0 Å². The Bertz CT molecular complexity index is 697. The van der Waals surface area contributed by atoms with Crippen molar-refractivity contribution in [1.82, 2.24) is 19.7 Å². The predicted octanol–water partition coefficient (Wildman–Crippen LogP) is 2.18. The van der Waals surface area contributed by atoms with Crippen LogP contribution in [0.1, 0.15) is 31.7 Å². The fourth-order valence-electron chi connectivity index (χ4n) is 3.64. The Kier molecular flexibility index (Phi) is 2.49. The summed E-state index contributed by atoms with van der Waals surface area (Å²) >= 11 is 6.19. The zero-order valence-corrected chi connectivity index (χ0v) is 12.3. The molecule has 2 aromatic rings. The second-order valence-corrected chi connectivity index (χ2v) is 6.54. The highest BCUT2D eigenvalue weighted by atomic mass is 35.5.